The number of ether oxygens (including phenoxy) is 2. The molecule has 0 bridgehead atoms. The van der Waals surface area contributed by atoms with Gasteiger partial charge in [-0.2, -0.15) is 5.26 Å². The van der Waals surface area contributed by atoms with Crippen LogP contribution in [-0.2, 0) is 14.3 Å². The van der Waals surface area contributed by atoms with Gasteiger partial charge in [-0.1, -0.05) is 0 Å². The normalized spacial score (nSPS) is 10.9. The first-order chi connectivity index (χ1) is 10.5. The maximum absolute atomic E-state index is 11.8. The first-order valence-corrected chi connectivity index (χ1v) is 6.61. The molecule has 0 aliphatic rings. The Balaban J connectivity index is 2.82. The highest BCUT2D eigenvalue weighted by Crippen LogP contribution is 2.18. The lowest BCUT2D eigenvalue weighted by Crippen LogP contribution is -2.26. The van der Waals surface area contributed by atoms with Crippen LogP contribution >= 0.6 is 0 Å². The summed E-state index contributed by atoms with van der Waals surface area (Å²) in [5, 5.41) is 11.7. The predicted octanol–water partition coefficient (Wildman–Crippen LogP) is 1.43. The van der Waals surface area contributed by atoms with E-state index in [0.29, 0.717) is 25.3 Å². The van der Waals surface area contributed by atoms with Crippen molar-refractivity contribution in [3.63, 3.8) is 0 Å². The molecule has 0 radical (unpaired) electrons. The van der Waals surface area contributed by atoms with E-state index in [1.165, 1.54) is 19.3 Å². The van der Waals surface area contributed by atoms with Gasteiger partial charge in [-0.15, -0.1) is 0 Å². The number of carbonyl (C=O) groups excluding carboxylic acids is 2. The van der Waals surface area contributed by atoms with E-state index in [1.54, 1.807) is 20.1 Å². The largest absolute Gasteiger partial charge is 0.465 e. The van der Waals surface area contributed by atoms with Gasteiger partial charge in [-0.05, 0) is 19.4 Å². The molecule has 0 saturated heterocycles. The Morgan fingerprint density at radius 3 is 2.77 bits per heavy atom. The fourth-order valence-electron chi connectivity index (χ4n) is 1.69. The maximum atomic E-state index is 11.8. The van der Waals surface area contributed by atoms with Crippen LogP contribution in [0, 0.1) is 18.3 Å². The van der Waals surface area contributed by atoms with E-state index in [2.05, 4.69) is 10.1 Å². The zero-order chi connectivity index (χ0) is 16.5. The average Bonchev–Trinajstić information content (AvgIpc) is 2.88. The number of methoxy groups -OCH3 is 2. The molecule has 118 valence electrons. The molecule has 0 aromatic carbocycles. The van der Waals surface area contributed by atoms with Crippen LogP contribution in [0.5, 0.6) is 0 Å². The zero-order valence-corrected chi connectivity index (χ0v) is 12.8. The van der Waals surface area contributed by atoms with Gasteiger partial charge < -0.3 is 19.2 Å². The molecule has 0 saturated carbocycles. The lowest BCUT2D eigenvalue weighted by atomic mass is 10.2. The Labute approximate surface area is 128 Å². The van der Waals surface area contributed by atoms with E-state index in [-0.39, 0.29) is 16.9 Å². The van der Waals surface area contributed by atoms with Crippen LogP contribution in [0.25, 0.3) is 6.08 Å². The van der Waals surface area contributed by atoms with Gasteiger partial charge in [0.25, 0.3) is 5.91 Å². The van der Waals surface area contributed by atoms with E-state index in [9.17, 15) is 9.59 Å². The second-order valence-electron chi connectivity index (χ2n) is 4.38. The highest BCUT2D eigenvalue weighted by molar-refractivity contribution is 6.01. The molecule has 7 nitrogen and oxygen atoms in total. The van der Waals surface area contributed by atoms with E-state index >= 15 is 0 Å². The van der Waals surface area contributed by atoms with E-state index in [4.69, 9.17) is 14.4 Å². The molecule has 22 heavy (non-hydrogen) atoms. The number of rotatable bonds is 7. The van der Waals surface area contributed by atoms with Crippen molar-refractivity contribution in [3.05, 3.63) is 28.7 Å². The second kappa shape index (κ2) is 8.64. The number of nitrogens with zero attached hydrogens (tertiary/aromatic N) is 1. The third kappa shape index (κ3) is 4.75. The van der Waals surface area contributed by atoms with Gasteiger partial charge in [-0.25, -0.2) is 4.79 Å². The van der Waals surface area contributed by atoms with Crippen molar-refractivity contribution in [2.24, 2.45) is 0 Å². The van der Waals surface area contributed by atoms with Crippen molar-refractivity contribution in [1.82, 2.24) is 5.32 Å². The number of esters is 1. The van der Waals surface area contributed by atoms with Gasteiger partial charge in [0.2, 0.25) is 0 Å². The molecule has 1 heterocycles. The van der Waals surface area contributed by atoms with Crippen molar-refractivity contribution in [2.45, 2.75) is 13.3 Å². The van der Waals surface area contributed by atoms with Crippen LogP contribution in [0.1, 0.15) is 28.3 Å². The fraction of sp³-hybridized carbons (Fsp3) is 0.400. The molecular weight excluding hydrogens is 288 g/mol. The second-order valence-corrected chi connectivity index (χ2v) is 4.38. The standard InChI is InChI=1S/C15H18N2O5/c1-10-13(15(19)21-3)8-12(22-10)7-11(9-16)14(18)17-5-4-6-20-2/h7-8H,4-6H2,1-3H3,(H,17,18)/b11-7+. The maximum Gasteiger partial charge on any atom is 0.341 e. The number of nitrogens with one attached hydrogen (secondary N) is 1. The van der Waals surface area contributed by atoms with Crippen molar-refractivity contribution in [1.29, 1.82) is 5.26 Å². The summed E-state index contributed by atoms with van der Waals surface area (Å²) < 4.78 is 14.8. The lowest BCUT2D eigenvalue weighted by molar-refractivity contribution is -0.117. The molecule has 7 heteroatoms. The molecule has 1 aromatic heterocycles. The smallest absolute Gasteiger partial charge is 0.341 e. The van der Waals surface area contributed by atoms with E-state index in [1.807, 2.05) is 0 Å². The number of furan rings is 1. The van der Waals surface area contributed by atoms with Gasteiger partial charge in [0.05, 0.1) is 7.11 Å². The van der Waals surface area contributed by atoms with Gasteiger partial charge in [0, 0.05) is 26.3 Å². The summed E-state index contributed by atoms with van der Waals surface area (Å²) in [5.41, 5.74) is 0.147. The van der Waals surface area contributed by atoms with Crippen LogP contribution < -0.4 is 5.32 Å². The third-order valence-electron chi connectivity index (χ3n) is 2.80. The van der Waals surface area contributed by atoms with Gasteiger partial charge >= 0.3 is 5.97 Å². The van der Waals surface area contributed by atoms with Crippen molar-refractivity contribution in [2.75, 3.05) is 27.4 Å². The lowest BCUT2D eigenvalue weighted by Gasteiger charge is -2.02. The molecule has 0 unspecified atom stereocenters. The zero-order valence-electron chi connectivity index (χ0n) is 12.8. The quantitative estimate of drug-likeness (QED) is 0.354. The monoisotopic (exact) mass is 306 g/mol. The molecule has 0 fully saturated rings. The van der Waals surface area contributed by atoms with Crippen LogP contribution in [-0.4, -0.2) is 39.2 Å². The number of aryl methyl sites for hydroxylation is 1. The fourth-order valence-corrected chi connectivity index (χ4v) is 1.69. The molecule has 1 N–H and O–H groups in total. The van der Waals surface area contributed by atoms with Crippen LogP contribution in [0.2, 0.25) is 0 Å². The SMILES string of the molecule is COCCCNC(=O)/C(C#N)=C/c1cc(C(=O)OC)c(C)o1. The Hall–Kier alpha value is -2.59. The number of nitriles is 1. The first kappa shape index (κ1) is 17.5. The van der Waals surface area contributed by atoms with Crippen molar-refractivity contribution >= 4 is 18.0 Å². The minimum absolute atomic E-state index is 0.109. The van der Waals surface area contributed by atoms with Crippen LogP contribution in [0.4, 0.5) is 0 Å². The number of amides is 1. The number of hydrogen-bond donors (Lipinski definition) is 1. The Morgan fingerprint density at radius 2 is 2.18 bits per heavy atom. The van der Waals surface area contributed by atoms with Crippen LogP contribution in [0.15, 0.2) is 16.1 Å². The molecule has 1 amide bonds. The average molecular weight is 306 g/mol. The molecule has 0 atom stereocenters. The summed E-state index contributed by atoms with van der Waals surface area (Å²) in [4.78, 5) is 23.3. The summed E-state index contributed by atoms with van der Waals surface area (Å²) >= 11 is 0. The van der Waals surface area contributed by atoms with E-state index < -0.39 is 11.9 Å². The molecule has 1 aromatic rings. The van der Waals surface area contributed by atoms with Gasteiger partial charge in [0.15, 0.2) is 0 Å². The van der Waals surface area contributed by atoms with Crippen LogP contribution in [0.3, 0.4) is 0 Å². The molecule has 0 aliphatic carbocycles. The predicted molar refractivity (Wildman–Crippen MR) is 77.9 cm³/mol. The third-order valence-corrected chi connectivity index (χ3v) is 2.80. The minimum Gasteiger partial charge on any atom is -0.465 e. The first-order valence-electron chi connectivity index (χ1n) is 6.61. The summed E-state index contributed by atoms with van der Waals surface area (Å²) in [5.74, 6) is -0.451. The Bertz CT molecular complexity index is 610. The number of carbonyl (C=O) groups is 2. The summed E-state index contributed by atoms with van der Waals surface area (Å²) in [6.07, 6.45) is 1.93. The minimum atomic E-state index is -0.538. The summed E-state index contributed by atoms with van der Waals surface area (Å²) in [6, 6.07) is 3.23. The van der Waals surface area contributed by atoms with Crippen molar-refractivity contribution < 1.29 is 23.5 Å². The molecule has 1 rings (SSSR count). The molecular formula is C15H18N2O5. The highest BCUT2D eigenvalue weighted by atomic mass is 16.5. The van der Waals surface area contributed by atoms with E-state index in [0.717, 1.165) is 0 Å². The Kier molecular flexibility index (Phi) is 6.86. The van der Waals surface area contributed by atoms with Crippen molar-refractivity contribution in [3.8, 4) is 6.07 Å². The Morgan fingerprint density at radius 1 is 1.45 bits per heavy atom. The van der Waals surface area contributed by atoms with Gasteiger partial charge in [0.1, 0.15) is 28.7 Å². The number of hydrogen-bond acceptors (Lipinski definition) is 6. The summed E-state index contributed by atoms with van der Waals surface area (Å²) in [7, 11) is 2.83. The van der Waals surface area contributed by atoms with Gasteiger partial charge in [-0.3, -0.25) is 4.79 Å². The molecule has 0 spiro atoms. The molecule has 0 aliphatic heterocycles. The topological polar surface area (TPSA) is 102 Å². The highest BCUT2D eigenvalue weighted by Gasteiger charge is 2.16. The summed E-state index contributed by atoms with van der Waals surface area (Å²) in [6.45, 7) is 2.52.